The molecule has 3 rings (SSSR count). The summed E-state index contributed by atoms with van der Waals surface area (Å²) in [5, 5.41) is 19.1. The molecule has 11 heteroatoms. The Morgan fingerprint density at radius 1 is 1.00 bits per heavy atom. The van der Waals surface area contributed by atoms with Crippen LogP contribution in [0.2, 0.25) is 0 Å². The number of alkyl halides is 3. The van der Waals surface area contributed by atoms with Gasteiger partial charge in [0.15, 0.2) is 11.6 Å². The Labute approximate surface area is 184 Å². The summed E-state index contributed by atoms with van der Waals surface area (Å²) < 4.78 is 44.4. The van der Waals surface area contributed by atoms with Crippen LogP contribution in [0.5, 0.6) is 5.75 Å². The predicted octanol–water partition coefficient (Wildman–Crippen LogP) is 3.94. The van der Waals surface area contributed by atoms with Gasteiger partial charge in [-0.05, 0) is 48.2 Å². The van der Waals surface area contributed by atoms with Gasteiger partial charge in [-0.1, -0.05) is 18.2 Å². The van der Waals surface area contributed by atoms with Crippen LogP contribution in [0.25, 0.3) is 22.2 Å². The highest BCUT2D eigenvalue weighted by Crippen LogP contribution is 2.29. The third kappa shape index (κ3) is 6.09. The fourth-order valence-electron chi connectivity index (χ4n) is 3.19. The summed E-state index contributed by atoms with van der Waals surface area (Å²) in [5.41, 5.74) is -1.87. The van der Waals surface area contributed by atoms with Gasteiger partial charge in [-0.3, -0.25) is 14.4 Å². The van der Waals surface area contributed by atoms with Crippen LogP contribution < -0.4 is 10.3 Å². The SMILES string of the molecule is O=C(O)C(CCCCOc1ccc2cc(-c3nc(C(F)(F)F)cc(=O)[nH]3)ccc2c1)C(=O)O. The zero-order valence-corrected chi connectivity index (χ0v) is 17.1. The summed E-state index contributed by atoms with van der Waals surface area (Å²) in [6.45, 7) is 0.255. The Balaban J connectivity index is 1.67. The highest BCUT2D eigenvalue weighted by molar-refractivity contribution is 5.92. The minimum absolute atomic E-state index is 0.000189. The minimum Gasteiger partial charge on any atom is -0.494 e. The van der Waals surface area contributed by atoms with Crippen LogP contribution in [0.3, 0.4) is 0 Å². The van der Waals surface area contributed by atoms with Gasteiger partial charge in [-0.2, -0.15) is 13.2 Å². The van der Waals surface area contributed by atoms with Gasteiger partial charge in [-0.15, -0.1) is 0 Å². The summed E-state index contributed by atoms with van der Waals surface area (Å²) in [5.74, 6) is -3.86. The van der Waals surface area contributed by atoms with Crippen LogP contribution in [0.1, 0.15) is 25.0 Å². The van der Waals surface area contributed by atoms with E-state index in [1.54, 1.807) is 30.3 Å². The lowest BCUT2D eigenvalue weighted by molar-refractivity contribution is -0.154. The van der Waals surface area contributed by atoms with E-state index in [4.69, 9.17) is 14.9 Å². The molecular formula is C22H19F3N2O6. The number of aliphatic carboxylic acids is 2. The Morgan fingerprint density at radius 2 is 1.67 bits per heavy atom. The van der Waals surface area contributed by atoms with Gasteiger partial charge in [0.2, 0.25) is 0 Å². The lowest BCUT2D eigenvalue weighted by Crippen LogP contribution is -2.23. The number of benzene rings is 2. The Morgan fingerprint density at radius 3 is 2.33 bits per heavy atom. The van der Waals surface area contributed by atoms with Crippen molar-refractivity contribution in [1.82, 2.24) is 9.97 Å². The standard InChI is InChI=1S/C22H19F3N2O6/c23-22(24,25)17-11-18(28)27-19(26-17)14-5-4-13-10-15(7-6-12(13)9-14)33-8-2-1-3-16(20(29)30)21(31)32/h4-7,9-11,16H,1-3,8H2,(H,29,30)(H,31,32)(H,26,27,28). The van der Waals surface area contributed by atoms with Gasteiger partial charge < -0.3 is 19.9 Å². The smallest absolute Gasteiger partial charge is 0.433 e. The normalized spacial score (nSPS) is 11.6. The van der Waals surface area contributed by atoms with Crippen LogP contribution in [0, 0.1) is 5.92 Å². The molecule has 3 N–H and O–H groups in total. The van der Waals surface area contributed by atoms with Gasteiger partial charge >= 0.3 is 18.1 Å². The van der Waals surface area contributed by atoms with E-state index >= 15 is 0 Å². The molecule has 33 heavy (non-hydrogen) atoms. The topological polar surface area (TPSA) is 130 Å². The molecule has 8 nitrogen and oxygen atoms in total. The molecule has 0 aliphatic heterocycles. The molecule has 0 bridgehead atoms. The van der Waals surface area contributed by atoms with E-state index in [0.29, 0.717) is 35.6 Å². The first-order valence-electron chi connectivity index (χ1n) is 9.86. The molecule has 0 fully saturated rings. The number of H-pyrrole nitrogens is 1. The Kier molecular flexibility index (Phi) is 7.00. The number of carbonyl (C=O) groups is 2. The maximum Gasteiger partial charge on any atom is 0.433 e. The molecule has 0 unspecified atom stereocenters. The van der Waals surface area contributed by atoms with Crippen molar-refractivity contribution < 1.29 is 37.7 Å². The van der Waals surface area contributed by atoms with Crippen LogP contribution in [0.4, 0.5) is 13.2 Å². The van der Waals surface area contributed by atoms with E-state index in [2.05, 4.69) is 9.97 Å². The third-order valence-electron chi connectivity index (χ3n) is 4.87. The van der Waals surface area contributed by atoms with Crippen LogP contribution >= 0.6 is 0 Å². The highest BCUT2D eigenvalue weighted by Gasteiger charge is 2.33. The number of nitrogens with one attached hydrogen (secondary N) is 1. The van der Waals surface area contributed by atoms with Gasteiger partial charge in [0.25, 0.3) is 5.56 Å². The molecule has 0 amide bonds. The number of carboxylic acids is 2. The number of carboxylic acid groups (broad SMARTS) is 2. The van der Waals surface area contributed by atoms with Crippen LogP contribution in [-0.4, -0.2) is 38.7 Å². The maximum absolute atomic E-state index is 12.9. The quantitative estimate of drug-likeness (QED) is 0.323. The molecule has 174 valence electrons. The molecule has 0 atom stereocenters. The lowest BCUT2D eigenvalue weighted by atomic mass is 10.0. The molecule has 0 aliphatic rings. The number of fused-ring (bicyclic) bond motifs is 1. The van der Waals surface area contributed by atoms with Crippen molar-refractivity contribution in [1.29, 1.82) is 0 Å². The maximum atomic E-state index is 12.9. The molecule has 1 aromatic heterocycles. The van der Waals surface area contributed by atoms with Crippen LogP contribution in [0.15, 0.2) is 47.3 Å². The van der Waals surface area contributed by atoms with E-state index in [1.807, 2.05) is 0 Å². The fourth-order valence-corrected chi connectivity index (χ4v) is 3.19. The average Bonchev–Trinajstić information content (AvgIpc) is 2.74. The Bertz CT molecular complexity index is 1220. The number of ether oxygens (including phenoxy) is 1. The first-order valence-corrected chi connectivity index (χ1v) is 9.86. The second-order valence-electron chi connectivity index (χ2n) is 7.27. The first kappa shape index (κ1) is 23.8. The van der Waals surface area contributed by atoms with Gasteiger partial charge in [0, 0.05) is 11.6 Å². The summed E-state index contributed by atoms with van der Waals surface area (Å²) in [7, 11) is 0. The van der Waals surface area contributed by atoms with Crippen molar-refractivity contribution in [2.24, 2.45) is 5.92 Å². The molecule has 0 aliphatic carbocycles. The number of rotatable bonds is 9. The molecular weight excluding hydrogens is 445 g/mol. The van der Waals surface area contributed by atoms with Crippen molar-refractivity contribution in [3.8, 4) is 17.1 Å². The molecule has 0 saturated heterocycles. The second kappa shape index (κ2) is 9.72. The van der Waals surface area contributed by atoms with E-state index in [1.165, 1.54) is 6.07 Å². The molecule has 0 saturated carbocycles. The molecule has 0 radical (unpaired) electrons. The van der Waals surface area contributed by atoms with Crippen molar-refractivity contribution in [3.63, 3.8) is 0 Å². The van der Waals surface area contributed by atoms with Gasteiger partial charge in [0.05, 0.1) is 6.61 Å². The summed E-state index contributed by atoms with van der Waals surface area (Å²) >= 11 is 0. The number of nitrogens with zero attached hydrogens (tertiary/aromatic N) is 1. The van der Waals surface area contributed by atoms with Gasteiger partial charge in [0.1, 0.15) is 11.6 Å². The summed E-state index contributed by atoms with van der Waals surface area (Å²) in [6, 6.07) is 10.3. The summed E-state index contributed by atoms with van der Waals surface area (Å²) in [4.78, 5) is 39.2. The predicted molar refractivity (Wildman–Crippen MR) is 111 cm³/mol. The lowest BCUT2D eigenvalue weighted by Gasteiger charge is -2.10. The molecule has 1 heterocycles. The first-order chi connectivity index (χ1) is 15.5. The molecule has 0 spiro atoms. The number of aromatic amines is 1. The van der Waals surface area contributed by atoms with E-state index in [9.17, 15) is 27.6 Å². The van der Waals surface area contributed by atoms with E-state index in [0.717, 1.165) is 5.39 Å². The van der Waals surface area contributed by atoms with E-state index in [-0.39, 0.29) is 18.9 Å². The third-order valence-corrected chi connectivity index (χ3v) is 4.87. The fraction of sp³-hybridized carbons (Fsp3) is 0.273. The number of halogens is 3. The molecule has 3 aromatic rings. The number of unbranched alkanes of at least 4 members (excludes halogenated alkanes) is 1. The monoisotopic (exact) mass is 464 g/mol. The van der Waals surface area contributed by atoms with Gasteiger partial charge in [-0.25, -0.2) is 4.98 Å². The van der Waals surface area contributed by atoms with E-state index < -0.39 is 35.3 Å². The Hall–Kier alpha value is -3.89. The summed E-state index contributed by atoms with van der Waals surface area (Å²) in [6.07, 6.45) is -3.92. The average molecular weight is 464 g/mol. The largest absolute Gasteiger partial charge is 0.494 e. The number of hydrogen-bond acceptors (Lipinski definition) is 5. The van der Waals surface area contributed by atoms with Crippen LogP contribution in [-0.2, 0) is 15.8 Å². The van der Waals surface area contributed by atoms with Crippen molar-refractivity contribution in [2.75, 3.05) is 6.61 Å². The number of aromatic nitrogens is 2. The minimum atomic E-state index is -4.74. The number of hydrogen-bond donors (Lipinski definition) is 3. The zero-order chi connectivity index (χ0) is 24.2. The zero-order valence-electron chi connectivity index (χ0n) is 17.1. The van der Waals surface area contributed by atoms with Crippen molar-refractivity contribution >= 4 is 22.7 Å². The highest BCUT2D eigenvalue weighted by atomic mass is 19.4. The van der Waals surface area contributed by atoms with Crippen molar-refractivity contribution in [2.45, 2.75) is 25.4 Å². The molecule has 2 aromatic carbocycles. The van der Waals surface area contributed by atoms with Crippen molar-refractivity contribution in [3.05, 3.63) is 58.5 Å². The second-order valence-corrected chi connectivity index (χ2v) is 7.27.